The number of phenols is 1. The Balaban J connectivity index is 1.81. The zero-order chi connectivity index (χ0) is 24.2. The van der Waals surface area contributed by atoms with E-state index in [1.54, 1.807) is 27.4 Å². The predicted octanol–water partition coefficient (Wildman–Crippen LogP) is 4.87. The van der Waals surface area contributed by atoms with E-state index in [9.17, 15) is 9.90 Å². The number of hydrogen-bond acceptors (Lipinski definition) is 6. The number of methoxy groups -OCH3 is 3. The van der Waals surface area contributed by atoms with Crippen LogP contribution >= 0.6 is 0 Å². The smallest absolute Gasteiger partial charge is 0.340 e. The Hall–Kier alpha value is -3.71. The Morgan fingerprint density at radius 2 is 1.65 bits per heavy atom. The van der Waals surface area contributed by atoms with Gasteiger partial charge in [0.2, 0.25) is 0 Å². The summed E-state index contributed by atoms with van der Waals surface area (Å²) in [6.45, 7) is 3.01. The minimum absolute atomic E-state index is 0.131. The maximum Gasteiger partial charge on any atom is 0.340 e. The van der Waals surface area contributed by atoms with Gasteiger partial charge < -0.3 is 28.6 Å². The number of nitrogens with zero attached hydrogens (tertiary/aromatic N) is 1. The van der Waals surface area contributed by atoms with Crippen LogP contribution in [0.5, 0.6) is 17.2 Å². The molecule has 0 saturated carbocycles. The molecule has 7 heteroatoms. The van der Waals surface area contributed by atoms with Crippen molar-refractivity contribution >= 4 is 27.6 Å². The molecule has 3 aromatic carbocycles. The molecule has 0 aliphatic heterocycles. The SMILES string of the molecule is COCCOC(=O)c1c(C)n(CCc2ccc(OC)c(OC)c2)c2c1cc(O)c1ccccc12. The number of rotatable bonds is 9. The van der Waals surface area contributed by atoms with Crippen molar-refractivity contribution in [2.75, 3.05) is 34.5 Å². The van der Waals surface area contributed by atoms with Gasteiger partial charge in [-0.1, -0.05) is 30.3 Å². The lowest BCUT2D eigenvalue weighted by Gasteiger charge is -2.13. The van der Waals surface area contributed by atoms with Crippen LogP contribution in [0.3, 0.4) is 0 Å². The minimum atomic E-state index is -0.431. The first-order chi connectivity index (χ1) is 16.5. The Labute approximate surface area is 198 Å². The van der Waals surface area contributed by atoms with Crippen molar-refractivity contribution in [1.29, 1.82) is 0 Å². The number of aromatic nitrogens is 1. The molecule has 1 heterocycles. The Kier molecular flexibility index (Phi) is 6.93. The number of esters is 1. The number of aromatic hydroxyl groups is 1. The number of phenolic OH excluding ortho intramolecular Hbond substituents is 1. The molecule has 0 radical (unpaired) electrons. The van der Waals surface area contributed by atoms with Gasteiger partial charge in [-0.05, 0) is 37.1 Å². The maximum atomic E-state index is 13.0. The van der Waals surface area contributed by atoms with E-state index in [4.69, 9.17) is 18.9 Å². The Bertz CT molecular complexity index is 1340. The van der Waals surface area contributed by atoms with Gasteiger partial charge in [-0.3, -0.25) is 0 Å². The van der Waals surface area contributed by atoms with E-state index in [2.05, 4.69) is 4.57 Å². The van der Waals surface area contributed by atoms with Gasteiger partial charge in [0.05, 0.1) is 31.9 Å². The van der Waals surface area contributed by atoms with Crippen LogP contribution in [0.2, 0.25) is 0 Å². The quantitative estimate of drug-likeness (QED) is 0.282. The minimum Gasteiger partial charge on any atom is -0.507 e. The molecule has 7 nitrogen and oxygen atoms in total. The summed E-state index contributed by atoms with van der Waals surface area (Å²) in [5.74, 6) is 1.05. The summed E-state index contributed by atoms with van der Waals surface area (Å²) in [4.78, 5) is 13.0. The van der Waals surface area contributed by atoms with Crippen LogP contribution in [-0.2, 0) is 22.4 Å². The van der Waals surface area contributed by atoms with Crippen LogP contribution in [0, 0.1) is 6.92 Å². The second kappa shape index (κ2) is 10.1. The molecule has 34 heavy (non-hydrogen) atoms. The number of carbonyl (C=O) groups is 1. The van der Waals surface area contributed by atoms with Crippen molar-refractivity contribution < 1.29 is 28.8 Å². The number of fused-ring (bicyclic) bond motifs is 3. The van der Waals surface area contributed by atoms with Crippen LogP contribution in [0.25, 0.3) is 21.7 Å². The van der Waals surface area contributed by atoms with E-state index in [-0.39, 0.29) is 12.4 Å². The zero-order valence-electron chi connectivity index (χ0n) is 19.9. The largest absolute Gasteiger partial charge is 0.507 e. The van der Waals surface area contributed by atoms with Gasteiger partial charge >= 0.3 is 5.97 Å². The third kappa shape index (κ3) is 4.26. The Morgan fingerprint density at radius 1 is 0.912 bits per heavy atom. The van der Waals surface area contributed by atoms with Crippen LogP contribution < -0.4 is 9.47 Å². The molecule has 4 rings (SSSR count). The zero-order valence-corrected chi connectivity index (χ0v) is 19.9. The first-order valence-electron chi connectivity index (χ1n) is 11.1. The molecule has 4 aromatic rings. The van der Waals surface area contributed by atoms with Crippen molar-refractivity contribution in [1.82, 2.24) is 4.57 Å². The Morgan fingerprint density at radius 3 is 2.35 bits per heavy atom. The van der Waals surface area contributed by atoms with Gasteiger partial charge in [0, 0.05) is 35.5 Å². The summed E-state index contributed by atoms with van der Waals surface area (Å²) < 4.78 is 23.4. The fraction of sp³-hybridized carbons (Fsp3) is 0.296. The molecule has 0 fully saturated rings. The van der Waals surface area contributed by atoms with Gasteiger partial charge in [-0.2, -0.15) is 0 Å². The highest BCUT2D eigenvalue weighted by Gasteiger charge is 2.24. The van der Waals surface area contributed by atoms with Gasteiger partial charge in [0.1, 0.15) is 12.4 Å². The molecule has 0 aliphatic rings. The summed E-state index contributed by atoms with van der Waals surface area (Å²) in [5.41, 5.74) is 3.21. The lowest BCUT2D eigenvalue weighted by atomic mass is 10.0. The molecule has 0 unspecified atom stereocenters. The van der Waals surface area contributed by atoms with Crippen molar-refractivity contribution in [2.24, 2.45) is 0 Å². The van der Waals surface area contributed by atoms with E-state index in [1.807, 2.05) is 49.4 Å². The van der Waals surface area contributed by atoms with Crippen LogP contribution in [0.15, 0.2) is 48.5 Å². The standard InChI is InChI=1S/C27H29NO6/c1-17-25(27(30)34-14-13-31-2)21-16-22(29)19-7-5-6-8-20(19)26(21)28(17)12-11-18-9-10-23(32-3)24(15-18)33-4/h5-10,15-16,29H,11-14H2,1-4H3. The van der Waals surface area contributed by atoms with Gasteiger partial charge in [0.15, 0.2) is 11.5 Å². The number of benzene rings is 3. The number of ether oxygens (including phenoxy) is 4. The highest BCUT2D eigenvalue weighted by Crippen LogP contribution is 2.38. The van der Waals surface area contributed by atoms with Gasteiger partial charge in [-0.25, -0.2) is 4.79 Å². The third-order valence-corrected chi connectivity index (χ3v) is 6.10. The van der Waals surface area contributed by atoms with Crippen LogP contribution in [0.1, 0.15) is 21.6 Å². The van der Waals surface area contributed by atoms with Crippen molar-refractivity contribution in [3.8, 4) is 17.2 Å². The number of aryl methyl sites for hydroxylation is 2. The summed E-state index contributed by atoms with van der Waals surface area (Å²) in [6.07, 6.45) is 0.707. The molecular weight excluding hydrogens is 434 g/mol. The average Bonchev–Trinajstić information content (AvgIpc) is 3.13. The average molecular weight is 464 g/mol. The van der Waals surface area contributed by atoms with E-state index in [1.165, 1.54) is 0 Å². The van der Waals surface area contributed by atoms with Crippen LogP contribution in [0.4, 0.5) is 0 Å². The molecule has 1 N–H and O–H groups in total. The molecule has 0 saturated heterocycles. The summed E-state index contributed by atoms with van der Waals surface area (Å²) in [6, 6.07) is 15.2. The second-order valence-electron chi connectivity index (χ2n) is 8.02. The summed E-state index contributed by atoms with van der Waals surface area (Å²) in [5, 5.41) is 13.0. The molecule has 0 atom stereocenters. The normalized spacial score (nSPS) is 11.2. The number of hydrogen-bond donors (Lipinski definition) is 1. The first kappa shape index (κ1) is 23.4. The molecule has 0 bridgehead atoms. The number of carbonyl (C=O) groups excluding carboxylic acids is 1. The molecule has 1 aromatic heterocycles. The topological polar surface area (TPSA) is 79.2 Å². The lowest BCUT2D eigenvalue weighted by molar-refractivity contribution is 0.0389. The van der Waals surface area contributed by atoms with Crippen molar-refractivity contribution in [3.05, 3.63) is 65.4 Å². The fourth-order valence-corrected chi connectivity index (χ4v) is 4.42. The first-order valence-corrected chi connectivity index (χ1v) is 11.1. The highest BCUT2D eigenvalue weighted by molar-refractivity contribution is 6.16. The van der Waals surface area contributed by atoms with Gasteiger partial charge in [0.25, 0.3) is 0 Å². The molecule has 0 spiro atoms. The summed E-state index contributed by atoms with van der Waals surface area (Å²) in [7, 11) is 4.79. The van der Waals surface area contributed by atoms with E-state index in [0.717, 1.165) is 27.5 Å². The fourth-order valence-electron chi connectivity index (χ4n) is 4.42. The predicted molar refractivity (Wildman–Crippen MR) is 131 cm³/mol. The highest BCUT2D eigenvalue weighted by atomic mass is 16.6. The molecular formula is C27H29NO6. The molecule has 0 amide bonds. The monoisotopic (exact) mass is 463 g/mol. The van der Waals surface area contributed by atoms with E-state index in [0.29, 0.717) is 42.0 Å². The van der Waals surface area contributed by atoms with Crippen molar-refractivity contribution in [3.63, 3.8) is 0 Å². The molecule has 0 aliphatic carbocycles. The maximum absolute atomic E-state index is 13.0. The van der Waals surface area contributed by atoms with Crippen molar-refractivity contribution in [2.45, 2.75) is 19.9 Å². The van der Waals surface area contributed by atoms with E-state index >= 15 is 0 Å². The lowest BCUT2D eigenvalue weighted by Crippen LogP contribution is -2.12. The van der Waals surface area contributed by atoms with Crippen LogP contribution in [-0.4, -0.2) is 50.2 Å². The second-order valence-corrected chi connectivity index (χ2v) is 8.02. The molecule has 178 valence electrons. The van der Waals surface area contributed by atoms with Gasteiger partial charge in [-0.15, -0.1) is 0 Å². The van der Waals surface area contributed by atoms with E-state index < -0.39 is 5.97 Å². The summed E-state index contributed by atoms with van der Waals surface area (Å²) >= 11 is 0. The third-order valence-electron chi connectivity index (χ3n) is 6.10.